The van der Waals surface area contributed by atoms with Crippen LogP contribution in [0.3, 0.4) is 0 Å². The molecule has 0 aliphatic carbocycles. The van der Waals surface area contributed by atoms with Gasteiger partial charge in [-0.15, -0.1) is 0 Å². The van der Waals surface area contributed by atoms with Crippen molar-refractivity contribution in [1.82, 2.24) is 0 Å². The molecule has 106 valence electrons. The molecule has 0 N–H and O–H groups in total. The molecular formula is C17H15NO2S. The molecule has 0 saturated heterocycles. The number of nitrogens with zero attached hydrogens (tertiary/aromatic N) is 1. The molecule has 3 rings (SSSR count). The van der Waals surface area contributed by atoms with Crippen molar-refractivity contribution in [2.75, 3.05) is 19.1 Å². The van der Waals surface area contributed by atoms with Crippen LogP contribution in [0.2, 0.25) is 0 Å². The van der Waals surface area contributed by atoms with E-state index < -0.39 is 0 Å². The summed E-state index contributed by atoms with van der Waals surface area (Å²) in [4.78, 5) is 15.4. The Morgan fingerprint density at radius 1 is 1.19 bits per heavy atom. The Kier molecular flexibility index (Phi) is 3.71. The van der Waals surface area contributed by atoms with Gasteiger partial charge in [-0.05, 0) is 18.2 Å². The van der Waals surface area contributed by atoms with Crippen LogP contribution in [0.4, 0.5) is 5.69 Å². The summed E-state index contributed by atoms with van der Waals surface area (Å²) in [6.07, 6.45) is 1.69. The molecule has 0 saturated carbocycles. The Balaban J connectivity index is 1.88. The van der Waals surface area contributed by atoms with Crippen LogP contribution in [0.15, 0.2) is 64.5 Å². The van der Waals surface area contributed by atoms with Crippen LogP contribution >= 0.6 is 11.8 Å². The first kappa shape index (κ1) is 13.8. The molecule has 0 aromatic heterocycles. The Bertz CT molecular complexity index is 710. The van der Waals surface area contributed by atoms with Crippen molar-refractivity contribution in [1.29, 1.82) is 0 Å². The Morgan fingerprint density at radius 2 is 1.95 bits per heavy atom. The van der Waals surface area contributed by atoms with Crippen molar-refractivity contribution in [3.8, 4) is 5.75 Å². The minimum Gasteiger partial charge on any atom is -0.497 e. The predicted octanol–water partition coefficient (Wildman–Crippen LogP) is 3.96. The SMILES string of the molecule is COc1ccc2c(c1)S/C(=C/C(=O)c1ccccc1)N2C. The monoisotopic (exact) mass is 297 g/mol. The van der Waals surface area contributed by atoms with E-state index in [0.29, 0.717) is 5.56 Å². The van der Waals surface area contributed by atoms with Gasteiger partial charge in [0.25, 0.3) is 0 Å². The molecule has 0 unspecified atom stereocenters. The second-order valence-electron chi connectivity index (χ2n) is 4.71. The maximum Gasteiger partial charge on any atom is 0.188 e. The van der Waals surface area contributed by atoms with Crippen molar-refractivity contribution in [2.45, 2.75) is 4.90 Å². The molecule has 0 radical (unpaired) electrons. The first-order valence-electron chi connectivity index (χ1n) is 6.60. The molecule has 0 spiro atoms. The topological polar surface area (TPSA) is 29.5 Å². The molecule has 2 aromatic rings. The van der Waals surface area contributed by atoms with Crippen molar-refractivity contribution in [3.63, 3.8) is 0 Å². The number of ketones is 1. The fraction of sp³-hybridized carbons (Fsp3) is 0.118. The Morgan fingerprint density at radius 3 is 2.67 bits per heavy atom. The second-order valence-corrected chi connectivity index (χ2v) is 5.77. The third kappa shape index (κ3) is 2.67. The van der Waals surface area contributed by atoms with Crippen LogP contribution in [0.25, 0.3) is 0 Å². The zero-order chi connectivity index (χ0) is 14.8. The lowest BCUT2D eigenvalue weighted by Crippen LogP contribution is -2.11. The summed E-state index contributed by atoms with van der Waals surface area (Å²) in [6, 6.07) is 15.2. The van der Waals surface area contributed by atoms with Crippen LogP contribution in [-0.4, -0.2) is 19.9 Å². The molecule has 1 aliphatic rings. The number of hydrogen-bond donors (Lipinski definition) is 0. The van der Waals surface area contributed by atoms with Gasteiger partial charge in [-0.25, -0.2) is 0 Å². The minimum atomic E-state index is 0.0183. The number of benzene rings is 2. The smallest absolute Gasteiger partial charge is 0.188 e. The van der Waals surface area contributed by atoms with Gasteiger partial charge in [-0.2, -0.15) is 0 Å². The van der Waals surface area contributed by atoms with Gasteiger partial charge in [0.05, 0.1) is 17.8 Å². The first-order valence-corrected chi connectivity index (χ1v) is 7.41. The average molecular weight is 297 g/mol. The molecule has 1 heterocycles. The maximum atomic E-state index is 12.3. The van der Waals surface area contributed by atoms with E-state index in [4.69, 9.17) is 4.74 Å². The van der Waals surface area contributed by atoms with Crippen molar-refractivity contribution in [3.05, 3.63) is 65.2 Å². The van der Waals surface area contributed by atoms with E-state index in [1.807, 2.05) is 60.5 Å². The van der Waals surface area contributed by atoms with Gasteiger partial charge in [0.1, 0.15) is 5.75 Å². The maximum absolute atomic E-state index is 12.3. The second kappa shape index (κ2) is 5.66. The van der Waals surface area contributed by atoms with Crippen molar-refractivity contribution in [2.24, 2.45) is 0 Å². The van der Waals surface area contributed by atoms with Crippen LogP contribution < -0.4 is 9.64 Å². The molecule has 0 amide bonds. The van der Waals surface area contributed by atoms with Gasteiger partial charge in [0.15, 0.2) is 5.78 Å². The van der Waals surface area contributed by atoms with Crippen LogP contribution in [0.1, 0.15) is 10.4 Å². The summed E-state index contributed by atoms with van der Waals surface area (Å²) in [5, 5.41) is 0.923. The fourth-order valence-electron chi connectivity index (χ4n) is 2.20. The van der Waals surface area contributed by atoms with E-state index in [1.54, 1.807) is 24.9 Å². The number of hydrogen-bond acceptors (Lipinski definition) is 4. The summed E-state index contributed by atoms with van der Waals surface area (Å²) in [5.74, 6) is 0.843. The van der Waals surface area contributed by atoms with E-state index in [1.165, 1.54) is 0 Å². The summed E-state index contributed by atoms with van der Waals surface area (Å²) < 4.78 is 5.24. The standard InChI is InChI=1S/C17H15NO2S/c1-18-14-9-8-13(20-2)10-16(14)21-17(18)11-15(19)12-6-4-3-5-7-12/h3-11H,1-2H3/b17-11+. The van der Waals surface area contributed by atoms with E-state index in [0.717, 1.165) is 21.4 Å². The zero-order valence-electron chi connectivity index (χ0n) is 11.9. The minimum absolute atomic E-state index is 0.0183. The number of allylic oxidation sites excluding steroid dienone is 1. The van der Waals surface area contributed by atoms with Crippen LogP contribution in [-0.2, 0) is 0 Å². The third-order valence-corrected chi connectivity index (χ3v) is 4.53. The highest BCUT2D eigenvalue weighted by molar-refractivity contribution is 8.03. The number of fused-ring (bicyclic) bond motifs is 1. The third-order valence-electron chi connectivity index (χ3n) is 3.39. The van der Waals surface area contributed by atoms with E-state index in [9.17, 15) is 4.79 Å². The van der Waals surface area contributed by atoms with Gasteiger partial charge in [-0.3, -0.25) is 4.79 Å². The fourth-order valence-corrected chi connectivity index (χ4v) is 3.32. The summed E-state index contributed by atoms with van der Waals surface area (Å²) in [7, 11) is 3.62. The number of thioether (sulfide) groups is 1. The molecule has 0 fully saturated rings. The number of methoxy groups -OCH3 is 1. The van der Waals surface area contributed by atoms with Crippen molar-refractivity contribution >= 4 is 23.2 Å². The number of rotatable bonds is 3. The first-order chi connectivity index (χ1) is 10.2. The summed E-state index contributed by atoms with van der Waals surface area (Å²) in [5.41, 5.74) is 1.79. The van der Waals surface area contributed by atoms with Gasteiger partial charge in [0, 0.05) is 23.6 Å². The lowest BCUT2D eigenvalue weighted by atomic mass is 10.1. The molecule has 2 aromatic carbocycles. The van der Waals surface area contributed by atoms with Gasteiger partial charge >= 0.3 is 0 Å². The van der Waals surface area contributed by atoms with Gasteiger partial charge < -0.3 is 9.64 Å². The highest BCUT2D eigenvalue weighted by Crippen LogP contribution is 2.46. The molecule has 0 atom stereocenters. The highest BCUT2D eigenvalue weighted by Gasteiger charge is 2.23. The number of anilines is 1. The molecule has 21 heavy (non-hydrogen) atoms. The Hall–Kier alpha value is -2.20. The molecule has 3 nitrogen and oxygen atoms in total. The molecule has 0 bridgehead atoms. The zero-order valence-corrected chi connectivity index (χ0v) is 12.7. The summed E-state index contributed by atoms with van der Waals surface area (Å²) >= 11 is 1.58. The molecule has 4 heteroatoms. The van der Waals surface area contributed by atoms with Crippen molar-refractivity contribution < 1.29 is 9.53 Å². The van der Waals surface area contributed by atoms with E-state index in [2.05, 4.69) is 0 Å². The largest absolute Gasteiger partial charge is 0.497 e. The molecular weight excluding hydrogens is 282 g/mol. The summed E-state index contributed by atoms with van der Waals surface area (Å²) in [6.45, 7) is 0. The van der Waals surface area contributed by atoms with E-state index in [-0.39, 0.29) is 5.78 Å². The van der Waals surface area contributed by atoms with Crippen LogP contribution in [0.5, 0.6) is 5.75 Å². The Labute approximate surface area is 128 Å². The van der Waals surface area contributed by atoms with Crippen LogP contribution in [0, 0.1) is 0 Å². The highest BCUT2D eigenvalue weighted by atomic mass is 32.2. The van der Waals surface area contributed by atoms with Gasteiger partial charge in [0.2, 0.25) is 0 Å². The number of ether oxygens (including phenoxy) is 1. The lowest BCUT2D eigenvalue weighted by Gasteiger charge is -2.13. The molecule has 1 aliphatic heterocycles. The predicted molar refractivity (Wildman–Crippen MR) is 86.1 cm³/mol. The lowest BCUT2D eigenvalue weighted by molar-refractivity contribution is 0.104. The normalized spacial score (nSPS) is 15.1. The number of carbonyl (C=O) groups excluding carboxylic acids is 1. The average Bonchev–Trinajstić information content (AvgIpc) is 2.83. The van der Waals surface area contributed by atoms with Gasteiger partial charge in [-0.1, -0.05) is 42.1 Å². The quantitative estimate of drug-likeness (QED) is 0.633. The number of carbonyl (C=O) groups is 1. The van der Waals surface area contributed by atoms with E-state index >= 15 is 0 Å².